The summed E-state index contributed by atoms with van der Waals surface area (Å²) in [6, 6.07) is 8.13. The number of benzene rings is 2. The summed E-state index contributed by atoms with van der Waals surface area (Å²) in [5.74, 6) is -1.73. The summed E-state index contributed by atoms with van der Waals surface area (Å²) in [6.45, 7) is 3.54. The number of hydrogen-bond acceptors (Lipinski definition) is 1. The highest BCUT2D eigenvalue weighted by Crippen LogP contribution is 2.38. The fraction of sp³-hybridized carbons (Fsp3) is 0.211. The third kappa shape index (κ3) is 4.93. The number of alkyl halides is 3. The summed E-state index contributed by atoms with van der Waals surface area (Å²) in [6.07, 6.45) is -1.80. The molecule has 0 heterocycles. The molecule has 2 aromatic carbocycles. The second-order valence-corrected chi connectivity index (χ2v) is 7.22. The molecule has 0 saturated heterocycles. The lowest BCUT2D eigenvalue weighted by Gasteiger charge is -2.19. The molecule has 1 atom stereocenters. The molecule has 0 N–H and O–H groups in total. The quantitative estimate of drug-likeness (QED) is 0.439. The Balaban J connectivity index is 2.43. The molecule has 0 aliphatic carbocycles. The van der Waals surface area contributed by atoms with Crippen LogP contribution in [0.4, 0.5) is 13.2 Å². The summed E-state index contributed by atoms with van der Waals surface area (Å²) in [5, 5.41) is 1.85. The van der Waals surface area contributed by atoms with E-state index in [4.69, 9.17) is 23.8 Å². The van der Waals surface area contributed by atoms with E-state index in [-0.39, 0.29) is 5.56 Å². The van der Waals surface area contributed by atoms with Gasteiger partial charge in [-0.15, -0.1) is 0 Å². The average molecular weight is 448 g/mol. The Kier molecular flexibility index (Phi) is 6.46. The molecule has 132 valence electrons. The smallest absolute Gasteiger partial charge is 0.170 e. The Labute approximate surface area is 163 Å². The summed E-state index contributed by atoms with van der Waals surface area (Å²) in [5.41, 5.74) is 3.11. The molecule has 6 heteroatoms. The van der Waals surface area contributed by atoms with Crippen molar-refractivity contribution in [1.29, 1.82) is 0 Å². The van der Waals surface area contributed by atoms with Crippen LogP contribution in [0.15, 0.2) is 40.9 Å². The van der Waals surface area contributed by atoms with Crippen LogP contribution in [0.1, 0.15) is 33.7 Å². The first kappa shape index (κ1) is 20.1. The number of hydrogen-bond donors (Lipinski definition) is 0. The lowest BCUT2D eigenvalue weighted by molar-refractivity contribution is -0.139. The first-order chi connectivity index (χ1) is 11.6. The van der Waals surface area contributed by atoms with Crippen molar-refractivity contribution in [1.82, 2.24) is 0 Å². The van der Waals surface area contributed by atoms with Crippen molar-refractivity contribution in [3.8, 4) is 0 Å². The predicted octanol–water partition coefficient (Wildman–Crippen LogP) is 7.43. The lowest BCUT2D eigenvalue weighted by Crippen LogP contribution is -2.19. The van der Waals surface area contributed by atoms with E-state index in [1.165, 1.54) is 23.6 Å². The van der Waals surface area contributed by atoms with Gasteiger partial charge in [-0.1, -0.05) is 70.1 Å². The van der Waals surface area contributed by atoms with E-state index in [0.29, 0.717) is 10.6 Å². The van der Waals surface area contributed by atoms with Gasteiger partial charge in [-0.05, 0) is 53.8 Å². The minimum absolute atomic E-state index is 0.131. The zero-order valence-electron chi connectivity index (χ0n) is 13.5. The van der Waals surface area contributed by atoms with Crippen LogP contribution in [0.5, 0.6) is 0 Å². The number of thiocarbonyl (C=S) groups is 1. The van der Waals surface area contributed by atoms with E-state index in [9.17, 15) is 13.2 Å². The Bertz CT molecular complexity index is 805. The Morgan fingerprint density at radius 1 is 1.16 bits per heavy atom. The molecule has 0 spiro atoms. The molecule has 0 bridgehead atoms. The summed E-state index contributed by atoms with van der Waals surface area (Å²) in [4.78, 5) is 0. The van der Waals surface area contributed by atoms with Gasteiger partial charge < -0.3 is 0 Å². The standard InChI is InChI=1S/C19H15BrClF3S/c1-11-7-15(9-18(21)12(11)2)16(19(22,23)24)6-4-13-3-5-14(10-25)17(20)8-13/h3-10,16H,1-2H3/b6-4+. The maximum absolute atomic E-state index is 13.5. The monoisotopic (exact) mass is 446 g/mol. The number of rotatable bonds is 4. The molecule has 1 unspecified atom stereocenters. The molecule has 0 fully saturated rings. The van der Waals surface area contributed by atoms with Crippen molar-refractivity contribution < 1.29 is 13.2 Å². The molecule has 25 heavy (non-hydrogen) atoms. The topological polar surface area (TPSA) is 0 Å². The minimum Gasteiger partial charge on any atom is -0.170 e. The fourth-order valence-electron chi connectivity index (χ4n) is 2.38. The highest BCUT2D eigenvalue weighted by Gasteiger charge is 2.39. The van der Waals surface area contributed by atoms with Crippen LogP contribution < -0.4 is 0 Å². The van der Waals surface area contributed by atoms with Crippen LogP contribution in [-0.2, 0) is 0 Å². The van der Waals surface area contributed by atoms with Crippen LogP contribution in [0.2, 0.25) is 5.02 Å². The van der Waals surface area contributed by atoms with Crippen LogP contribution in [-0.4, -0.2) is 11.5 Å². The molecule has 0 amide bonds. The highest BCUT2D eigenvalue weighted by molar-refractivity contribution is 9.10. The van der Waals surface area contributed by atoms with Crippen LogP contribution in [0.3, 0.4) is 0 Å². The molecule has 0 aliphatic heterocycles. The Morgan fingerprint density at radius 2 is 1.84 bits per heavy atom. The van der Waals surface area contributed by atoms with Crippen LogP contribution >= 0.6 is 39.7 Å². The zero-order chi connectivity index (χ0) is 18.8. The summed E-state index contributed by atoms with van der Waals surface area (Å²) < 4.78 is 41.4. The van der Waals surface area contributed by atoms with Gasteiger partial charge in [0, 0.05) is 14.9 Å². The Morgan fingerprint density at radius 3 is 2.36 bits per heavy atom. The fourth-order valence-corrected chi connectivity index (χ4v) is 3.52. The second-order valence-electron chi connectivity index (χ2n) is 5.72. The maximum atomic E-state index is 13.5. The van der Waals surface area contributed by atoms with Gasteiger partial charge in [0.15, 0.2) is 0 Å². The molecule has 0 nitrogen and oxygen atoms in total. The SMILES string of the molecule is Cc1cc(C(/C=C/c2ccc(C=S)c(Br)c2)C(F)(F)F)cc(Cl)c1C. The molecule has 0 aromatic heterocycles. The van der Waals surface area contributed by atoms with Gasteiger partial charge in [0.05, 0.1) is 5.92 Å². The molecular formula is C19H15BrClF3S. The first-order valence-corrected chi connectivity index (χ1v) is 9.04. The second kappa shape index (κ2) is 8.02. The molecule has 2 aromatic rings. The molecule has 2 rings (SSSR count). The molecule has 0 radical (unpaired) electrons. The Hall–Kier alpha value is -1.17. The maximum Gasteiger partial charge on any atom is 0.399 e. The van der Waals surface area contributed by atoms with E-state index in [2.05, 4.69) is 15.9 Å². The van der Waals surface area contributed by atoms with Gasteiger partial charge >= 0.3 is 6.18 Å². The van der Waals surface area contributed by atoms with Gasteiger partial charge in [-0.25, -0.2) is 0 Å². The lowest BCUT2D eigenvalue weighted by atomic mass is 9.94. The average Bonchev–Trinajstić information content (AvgIpc) is 2.51. The van der Waals surface area contributed by atoms with Gasteiger partial charge in [0.2, 0.25) is 0 Å². The van der Waals surface area contributed by atoms with E-state index in [1.54, 1.807) is 32.0 Å². The van der Waals surface area contributed by atoms with Crippen LogP contribution in [0.25, 0.3) is 6.08 Å². The minimum atomic E-state index is -4.41. The van der Waals surface area contributed by atoms with Crippen molar-refractivity contribution in [3.05, 3.63) is 73.7 Å². The van der Waals surface area contributed by atoms with Crippen molar-refractivity contribution in [2.75, 3.05) is 0 Å². The van der Waals surface area contributed by atoms with E-state index in [1.807, 2.05) is 0 Å². The van der Waals surface area contributed by atoms with Gasteiger partial charge in [0.1, 0.15) is 0 Å². The van der Waals surface area contributed by atoms with Crippen molar-refractivity contribution in [2.45, 2.75) is 25.9 Å². The van der Waals surface area contributed by atoms with Crippen molar-refractivity contribution in [2.24, 2.45) is 0 Å². The summed E-state index contributed by atoms with van der Waals surface area (Å²) >= 11 is 14.3. The molecular weight excluding hydrogens is 433 g/mol. The third-order valence-electron chi connectivity index (χ3n) is 3.97. The van der Waals surface area contributed by atoms with Gasteiger partial charge in [-0.3, -0.25) is 0 Å². The predicted molar refractivity (Wildman–Crippen MR) is 106 cm³/mol. The molecule has 0 aliphatic rings. The van der Waals surface area contributed by atoms with E-state index < -0.39 is 12.1 Å². The van der Waals surface area contributed by atoms with E-state index in [0.717, 1.165) is 27.2 Å². The third-order valence-corrected chi connectivity index (χ3v) is 5.30. The number of allylic oxidation sites excluding steroid dienone is 1. The number of halogens is 5. The highest BCUT2D eigenvalue weighted by atomic mass is 79.9. The van der Waals surface area contributed by atoms with Gasteiger partial charge in [-0.2, -0.15) is 13.2 Å². The van der Waals surface area contributed by atoms with Crippen LogP contribution in [0, 0.1) is 13.8 Å². The first-order valence-electron chi connectivity index (χ1n) is 7.39. The van der Waals surface area contributed by atoms with Crippen molar-refractivity contribution in [3.63, 3.8) is 0 Å². The molecule has 0 saturated carbocycles. The summed E-state index contributed by atoms with van der Waals surface area (Å²) in [7, 11) is 0. The van der Waals surface area contributed by atoms with Crippen molar-refractivity contribution >= 4 is 51.2 Å². The van der Waals surface area contributed by atoms with Gasteiger partial charge in [0.25, 0.3) is 0 Å². The number of aryl methyl sites for hydroxylation is 1. The normalized spacial score (nSPS) is 13.2. The largest absolute Gasteiger partial charge is 0.399 e. The zero-order valence-corrected chi connectivity index (χ0v) is 16.7. The van der Waals surface area contributed by atoms with E-state index >= 15 is 0 Å².